The van der Waals surface area contributed by atoms with E-state index in [2.05, 4.69) is 52.2 Å². The standard InChI is InChI=1S/C22H22BrN3O/c1-3-16-8-10-18(11-9-16)25-14-17(12-21(25)27)22-24-19-6-4-5-7-20(19)26(22)13-15(2)23/h4-11,17H,2-3,12-14H2,1H3/t17-/m0/s1. The molecule has 27 heavy (non-hydrogen) atoms. The number of allylic oxidation sites excluding steroid dienone is 1. The van der Waals surface area contributed by atoms with Gasteiger partial charge in [0.2, 0.25) is 5.91 Å². The van der Waals surface area contributed by atoms with Gasteiger partial charge in [-0.3, -0.25) is 4.79 Å². The Labute approximate surface area is 167 Å². The number of aromatic nitrogens is 2. The third-order valence-corrected chi connectivity index (χ3v) is 5.41. The van der Waals surface area contributed by atoms with Crippen molar-refractivity contribution in [2.45, 2.75) is 32.2 Å². The van der Waals surface area contributed by atoms with Crippen molar-refractivity contribution in [1.29, 1.82) is 0 Å². The second-order valence-corrected chi connectivity index (χ2v) is 8.11. The van der Waals surface area contributed by atoms with Crippen molar-refractivity contribution in [1.82, 2.24) is 9.55 Å². The molecule has 0 saturated carbocycles. The first kappa shape index (κ1) is 18.0. The largest absolute Gasteiger partial charge is 0.323 e. The Kier molecular flexibility index (Phi) is 4.87. The Morgan fingerprint density at radius 2 is 1.96 bits per heavy atom. The number of aryl methyl sites for hydroxylation is 1. The van der Waals surface area contributed by atoms with Crippen LogP contribution in [-0.4, -0.2) is 22.0 Å². The number of imidazole rings is 1. The molecule has 0 aliphatic carbocycles. The average Bonchev–Trinajstić information content (AvgIpc) is 3.22. The van der Waals surface area contributed by atoms with Crippen LogP contribution in [0.3, 0.4) is 0 Å². The molecule has 3 aromatic rings. The van der Waals surface area contributed by atoms with E-state index in [-0.39, 0.29) is 11.8 Å². The Bertz CT molecular complexity index is 1010. The maximum absolute atomic E-state index is 12.7. The van der Waals surface area contributed by atoms with E-state index in [1.54, 1.807) is 0 Å². The highest BCUT2D eigenvalue weighted by atomic mass is 79.9. The molecular weight excluding hydrogens is 402 g/mol. The molecule has 4 nitrogen and oxygen atoms in total. The van der Waals surface area contributed by atoms with Crippen LogP contribution in [0.4, 0.5) is 5.69 Å². The van der Waals surface area contributed by atoms with Crippen LogP contribution in [0.2, 0.25) is 0 Å². The second kappa shape index (κ2) is 7.31. The number of rotatable bonds is 5. The summed E-state index contributed by atoms with van der Waals surface area (Å²) in [6.07, 6.45) is 1.48. The van der Waals surface area contributed by atoms with E-state index in [0.717, 1.165) is 33.4 Å². The molecule has 5 heteroatoms. The molecule has 4 rings (SSSR count). The SMILES string of the molecule is C=C(Br)Cn1c([C@H]2CC(=O)N(c3ccc(CC)cc3)C2)nc2ccccc21. The number of nitrogens with zero attached hydrogens (tertiary/aromatic N) is 3. The zero-order valence-corrected chi connectivity index (χ0v) is 16.9. The number of halogens is 1. The van der Waals surface area contributed by atoms with Gasteiger partial charge in [0.1, 0.15) is 5.82 Å². The van der Waals surface area contributed by atoms with Gasteiger partial charge >= 0.3 is 0 Å². The van der Waals surface area contributed by atoms with Crippen molar-refractivity contribution in [2.24, 2.45) is 0 Å². The van der Waals surface area contributed by atoms with E-state index in [1.807, 2.05) is 35.2 Å². The lowest BCUT2D eigenvalue weighted by Crippen LogP contribution is -2.24. The number of hydrogen-bond donors (Lipinski definition) is 0. The van der Waals surface area contributed by atoms with Crippen LogP contribution >= 0.6 is 15.9 Å². The summed E-state index contributed by atoms with van der Waals surface area (Å²) in [5.74, 6) is 1.18. The fourth-order valence-electron chi connectivity index (χ4n) is 3.79. The van der Waals surface area contributed by atoms with Crippen LogP contribution in [-0.2, 0) is 17.8 Å². The first-order valence-corrected chi connectivity index (χ1v) is 10.0. The van der Waals surface area contributed by atoms with Crippen molar-refractivity contribution in [3.05, 3.63) is 71.0 Å². The van der Waals surface area contributed by atoms with Crippen molar-refractivity contribution in [3.8, 4) is 0 Å². The molecule has 0 radical (unpaired) electrons. The highest BCUT2D eigenvalue weighted by Crippen LogP contribution is 2.33. The lowest BCUT2D eigenvalue weighted by Gasteiger charge is -2.18. The van der Waals surface area contributed by atoms with E-state index in [0.29, 0.717) is 19.5 Å². The molecular formula is C22H22BrN3O. The highest BCUT2D eigenvalue weighted by molar-refractivity contribution is 9.11. The highest BCUT2D eigenvalue weighted by Gasteiger charge is 2.34. The summed E-state index contributed by atoms with van der Waals surface area (Å²) in [4.78, 5) is 19.5. The van der Waals surface area contributed by atoms with Crippen molar-refractivity contribution < 1.29 is 4.79 Å². The summed E-state index contributed by atoms with van der Waals surface area (Å²) in [5.41, 5.74) is 4.28. The molecule has 0 spiro atoms. The summed E-state index contributed by atoms with van der Waals surface area (Å²) >= 11 is 3.48. The normalized spacial score (nSPS) is 17.0. The Morgan fingerprint density at radius 1 is 1.22 bits per heavy atom. The van der Waals surface area contributed by atoms with Crippen molar-refractivity contribution in [2.75, 3.05) is 11.4 Å². The summed E-state index contributed by atoms with van der Waals surface area (Å²) in [6.45, 7) is 7.42. The number of carbonyl (C=O) groups excluding carboxylic acids is 1. The summed E-state index contributed by atoms with van der Waals surface area (Å²) < 4.78 is 3.07. The van der Waals surface area contributed by atoms with Crippen LogP contribution in [0, 0.1) is 0 Å². The topological polar surface area (TPSA) is 38.1 Å². The number of para-hydroxylation sites is 2. The molecule has 0 bridgehead atoms. The van der Waals surface area contributed by atoms with E-state index >= 15 is 0 Å². The van der Waals surface area contributed by atoms with E-state index in [4.69, 9.17) is 4.98 Å². The van der Waals surface area contributed by atoms with Crippen LogP contribution < -0.4 is 4.90 Å². The third-order valence-electron chi connectivity index (χ3n) is 5.16. The first-order chi connectivity index (χ1) is 13.1. The second-order valence-electron chi connectivity index (χ2n) is 6.99. The molecule has 1 aliphatic rings. The smallest absolute Gasteiger partial charge is 0.227 e. The van der Waals surface area contributed by atoms with Crippen LogP contribution in [0.5, 0.6) is 0 Å². The van der Waals surface area contributed by atoms with Gasteiger partial charge in [-0.15, -0.1) is 0 Å². The number of benzene rings is 2. The van der Waals surface area contributed by atoms with Gasteiger partial charge in [-0.2, -0.15) is 0 Å². The summed E-state index contributed by atoms with van der Waals surface area (Å²) in [5, 5.41) is 0. The molecule has 138 valence electrons. The predicted molar refractivity (Wildman–Crippen MR) is 113 cm³/mol. The van der Waals surface area contributed by atoms with Crippen molar-refractivity contribution in [3.63, 3.8) is 0 Å². The van der Waals surface area contributed by atoms with Gasteiger partial charge in [-0.25, -0.2) is 4.98 Å². The zero-order valence-electron chi connectivity index (χ0n) is 15.4. The number of anilines is 1. The lowest BCUT2D eigenvalue weighted by molar-refractivity contribution is -0.117. The molecule has 1 aliphatic heterocycles. The quantitative estimate of drug-likeness (QED) is 0.577. The maximum atomic E-state index is 12.7. The zero-order chi connectivity index (χ0) is 19.0. The molecule has 0 N–H and O–H groups in total. The van der Waals surface area contributed by atoms with E-state index in [9.17, 15) is 4.79 Å². The Hall–Kier alpha value is -2.40. The minimum Gasteiger partial charge on any atom is -0.323 e. The maximum Gasteiger partial charge on any atom is 0.227 e. The number of carbonyl (C=O) groups is 1. The monoisotopic (exact) mass is 423 g/mol. The number of fused-ring (bicyclic) bond motifs is 1. The molecule has 1 aromatic heterocycles. The molecule has 1 atom stereocenters. The summed E-state index contributed by atoms with van der Waals surface area (Å²) in [6, 6.07) is 16.4. The van der Waals surface area contributed by atoms with Gasteiger partial charge < -0.3 is 9.47 Å². The van der Waals surface area contributed by atoms with Gasteiger partial charge in [0, 0.05) is 29.1 Å². The van der Waals surface area contributed by atoms with Gasteiger partial charge in [-0.1, -0.05) is 53.7 Å². The van der Waals surface area contributed by atoms with Gasteiger partial charge in [-0.05, 0) is 36.2 Å². The van der Waals surface area contributed by atoms with Crippen molar-refractivity contribution >= 4 is 38.6 Å². The van der Waals surface area contributed by atoms with Crippen LogP contribution in [0.25, 0.3) is 11.0 Å². The first-order valence-electron chi connectivity index (χ1n) is 9.24. The van der Waals surface area contributed by atoms with Crippen LogP contribution in [0.1, 0.15) is 30.7 Å². The lowest BCUT2D eigenvalue weighted by atomic mass is 10.1. The fraction of sp³-hybridized carbons (Fsp3) is 0.273. The third kappa shape index (κ3) is 3.44. The Morgan fingerprint density at radius 3 is 2.67 bits per heavy atom. The predicted octanol–water partition coefficient (Wildman–Crippen LogP) is 5.03. The number of hydrogen-bond acceptors (Lipinski definition) is 2. The average molecular weight is 424 g/mol. The summed E-state index contributed by atoms with van der Waals surface area (Å²) in [7, 11) is 0. The molecule has 1 saturated heterocycles. The number of amides is 1. The minimum absolute atomic E-state index is 0.0719. The molecule has 2 aromatic carbocycles. The van der Waals surface area contributed by atoms with Gasteiger partial charge in [0.15, 0.2) is 0 Å². The van der Waals surface area contributed by atoms with E-state index in [1.165, 1.54) is 5.56 Å². The van der Waals surface area contributed by atoms with Crippen LogP contribution in [0.15, 0.2) is 59.6 Å². The molecule has 0 unspecified atom stereocenters. The Balaban J connectivity index is 1.68. The van der Waals surface area contributed by atoms with Gasteiger partial charge in [0.05, 0.1) is 17.6 Å². The molecule has 2 heterocycles. The molecule has 1 amide bonds. The van der Waals surface area contributed by atoms with Gasteiger partial charge in [0.25, 0.3) is 0 Å². The minimum atomic E-state index is 0.0719. The molecule has 1 fully saturated rings. The fourth-order valence-corrected chi connectivity index (χ4v) is 4.04. The van der Waals surface area contributed by atoms with E-state index < -0.39 is 0 Å².